The number of amides is 2. The highest BCUT2D eigenvalue weighted by Crippen LogP contribution is 2.30. The van der Waals surface area contributed by atoms with Crippen molar-refractivity contribution in [2.75, 3.05) is 20.1 Å². The molecule has 1 aliphatic heterocycles. The summed E-state index contributed by atoms with van der Waals surface area (Å²) in [4.78, 5) is 40.4. The second-order valence-corrected chi connectivity index (χ2v) is 8.53. The monoisotopic (exact) mass is 507 g/mol. The summed E-state index contributed by atoms with van der Waals surface area (Å²) in [6.45, 7) is 0.264. The molecule has 0 spiro atoms. The molecule has 0 unspecified atom stereocenters. The highest BCUT2D eigenvalue weighted by molar-refractivity contribution is 5.99. The fraction of sp³-hybridized carbons (Fsp3) is 0.375. The first-order valence-corrected chi connectivity index (χ1v) is 11.3. The molecule has 2 amide bonds. The number of carbonyl (C=O) groups is 3. The number of rotatable bonds is 9. The Bertz CT molecular complexity index is 1090. The van der Waals surface area contributed by atoms with Crippen LogP contribution in [0.5, 0.6) is 5.75 Å². The molecule has 1 aromatic rings. The van der Waals surface area contributed by atoms with Crippen molar-refractivity contribution in [2.24, 2.45) is 11.5 Å². The molecule has 9 nitrogen and oxygen atoms in total. The Morgan fingerprint density at radius 2 is 1.86 bits per heavy atom. The molecule has 0 aromatic heterocycles. The van der Waals surface area contributed by atoms with Crippen molar-refractivity contribution in [3.63, 3.8) is 0 Å². The molecule has 12 heteroatoms. The number of nitrogens with two attached hydrogens (primary N) is 2. The molecule has 194 valence electrons. The lowest BCUT2D eigenvalue weighted by Crippen LogP contribution is -2.45. The largest absolute Gasteiger partial charge is 0.573 e. The van der Waals surface area contributed by atoms with Crippen LogP contribution < -0.4 is 21.5 Å². The SMILES string of the molecule is CN(C(=O)C1=C(C=O)CCCN1CC(=O)N/C(N)=C/C=C(\N)c1ccc(OC(F)(F)F)cc1)C1CC1. The number of hydrogen-bond donors (Lipinski definition) is 3. The second-order valence-electron chi connectivity index (χ2n) is 8.53. The normalized spacial score (nSPS) is 17.1. The van der Waals surface area contributed by atoms with E-state index in [2.05, 4.69) is 10.1 Å². The number of halogens is 3. The minimum Gasteiger partial charge on any atom is -0.406 e. The van der Waals surface area contributed by atoms with Crippen molar-refractivity contribution < 1.29 is 32.3 Å². The summed E-state index contributed by atoms with van der Waals surface area (Å²) in [5.74, 6) is -1.18. The summed E-state index contributed by atoms with van der Waals surface area (Å²) >= 11 is 0. The molecular weight excluding hydrogens is 479 g/mol. The number of nitrogens with one attached hydrogen (secondary N) is 1. The van der Waals surface area contributed by atoms with E-state index in [1.807, 2.05) is 0 Å². The van der Waals surface area contributed by atoms with Crippen molar-refractivity contribution in [3.05, 3.63) is 59.1 Å². The van der Waals surface area contributed by atoms with Crippen molar-refractivity contribution in [1.82, 2.24) is 15.1 Å². The van der Waals surface area contributed by atoms with E-state index in [0.717, 1.165) is 25.0 Å². The van der Waals surface area contributed by atoms with E-state index in [4.69, 9.17) is 11.5 Å². The summed E-state index contributed by atoms with van der Waals surface area (Å²) in [7, 11) is 1.69. The summed E-state index contributed by atoms with van der Waals surface area (Å²) < 4.78 is 40.6. The molecule has 0 radical (unpaired) electrons. The number of benzene rings is 1. The molecule has 0 saturated heterocycles. The van der Waals surface area contributed by atoms with Gasteiger partial charge in [0.1, 0.15) is 23.6 Å². The molecule has 1 saturated carbocycles. The fourth-order valence-corrected chi connectivity index (χ4v) is 3.77. The number of hydrogen-bond acceptors (Lipinski definition) is 7. The molecule has 1 aromatic carbocycles. The minimum absolute atomic E-state index is 0.0282. The smallest absolute Gasteiger partial charge is 0.406 e. The quantitative estimate of drug-likeness (QED) is 0.344. The number of nitrogens with zero attached hydrogens (tertiary/aromatic N) is 2. The van der Waals surface area contributed by atoms with Gasteiger partial charge in [-0.2, -0.15) is 0 Å². The number of carbonyl (C=O) groups excluding carboxylic acids is 3. The second kappa shape index (κ2) is 11.2. The zero-order valence-corrected chi connectivity index (χ0v) is 19.7. The summed E-state index contributed by atoms with van der Waals surface area (Å²) in [5.41, 5.74) is 13.0. The van der Waals surface area contributed by atoms with Gasteiger partial charge in [0.15, 0.2) is 0 Å². The van der Waals surface area contributed by atoms with Crippen LogP contribution in [0.25, 0.3) is 5.70 Å². The maximum absolute atomic E-state index is 13.0. The van der Waals surface area contributed by atoms with Crippen LogP contribution in [-0.4, -0.2) is 60.4 Å². The van der Waals surface area contributed by atoms with Crippen LogP contribution in [0, 0.1) is 0 Å². The Morgan fingerprint density at radius 3 is 2.44 bits per heavy atom. The number of allylic oxidation sites excluding steroid dienone is 3. The predicted octanol–water partition coefficient (Wildman–Crippen LogP) is 1.97. The molecule has 1 heterocycles. The molecule has 3 rings (SSSR count). The Balaban J connectivity index is 1.62. The van der Waals surface area contributed by atoms with Gasteiger partial charge < -0.3 is 31.3 Å². The van der Waals surface area contributed by atoms with Gasteiger partial charge in [-0.1, -0.05) is 0 Å². The van der Waals surface area contributed by atoms with E-state index in [1.54, 1.807) is 16.8 Å². The highest BCUT2D eigenvalue weighted by atomic mass is 19.4. The van der Waals surface area contributed by atoms with Crippen molar-refractivity contribution in [2.45, 2.75) is 38.1 Å². The molecule has 0 bridgehead atoms. The van der Waals surface area contributed by atoms with Crippen LogP contribution in [0.4, 0.5) is 13.2 Å². The lowest BCUT2D eigenvalue weighted by atomic mass is 10.0. The summed E-state index contributed by atoms with van der Waals surface area (Å²) in [6, 6.07) is 5.09. The van der Waals surface area contributed by atoms with E-state index in [9.17, 15) is 27.6 Å². The van der Waals surface area contributed by atoms with Crippen molar-refractivity contribution in [3.8, 4) is 5.75 Å². The van der Waals surface area contributed by atoms with Crippen molar-refractivity contribution in [1.29, 1.82) is 0 Å². The molecule has 5 N–H and O–H groups in total. The van der Waals surface area contributed by atoms with Gasteiger partial charge >= 0.3 is 6.36 Å². The molecule has 1 aliphatic carbocycles. The van der Waals surface area contributed by atoms with Gasteiger partial charge in [-0.05, 0) is 67.7 Å². The van der Waals surface area contributed by atoms with Crippen LogP contribution >= 0.6 is 0 Å². The maximum Gasteiger partial charge on any atom is 0.573 e. The number of alkyl halides is 3. The average Bonchev–Trinajstić information content (AvgIpc) is 3.66. The van der Waals surface area contributed by atoms with Gasteiger partial charge in [0, 0.05) is 30.9 Å². The zero-order chi connectivity index (χ0) is 26.5. The first kappa shape index (κ1) is 26.6. The average molecular weight is 508 g/mol. The third-order valence-electron chi connectivity index (χ3n) is 5.74. The van der Waals surface area contributed by atoms with Gasteiger partial charge in [0.25, 0.3) is 5.91 Å². The number of ether oxygens (including phenoxy) is 1. The van der Waals surface area contributed by atoms with Gasteiger partial charge in [0.05, 0.1) is 6.54 Å². The van der Waals surface area contributed by atoms with Gasteiger partial charge in [-0.15, -0.1) is 13.2 Å². The third kappa shape index (κ3) is 7.27. The molecular formula is C24H28F3N5O4. The first-order valence-electron chi connectivity index (χ1n) is 11.3. The van der Waals surface area contributed by atoms with E-state index in [0.29, 0.717) is 36.8 Å². The standard InChI is InChI=1S/C24H28F3N5O4/c1-31(17-6-7-17)23(35)22-16(14-33)3-2-12-32(22)13-21(34)30-20(29)11-10-19(28)15-4-8-18(9-5-15)36-24(25,26)27/h4-5,8-11,14,17H,2-3,6-7,12-13,28-29H2,1H3,(H,30,34)/b19-10-,20-11+. The molecule has 0 atom stereocenters. The van der Waals surface area contributed by atoms with Crippen LogP contribution in [0.1, 0.15) is 31.2 Å². The van der Waals surface area contributed by atoms with E-state index < -0.39 is 12.3 Å². The van der Waals surface area contributed by atoms with E-state index in [-0.39, 0.29) is 41.5 Å². The molecule has 1 fully saturated rings. The number of likely N-dealkylation sites (N-methyl/N-ethyl adjacent to an activating group) is 1. The fourth-order valence-electron chi connectivity index (χ4n) is 3.77. The van der Waals surface area contributed by atoms with Crippen LogP contribution in [-0.2, 0) is 14.4 Å². The van der Waals surface area contributed by atoms with Crippen LogP contribution in [0.2, 0.25) is 0 Å². The molecule has 2 aliphatic rings. The maximum atomic E-state index is 13.0. The minimum atomic E-state index is -4.79. The highest BCUT2D eigenvalue weighted by Gasteiger charge is 2.35. The summed E-state index contributed by atoms with van der Waals surface area (Å²) in [5, 5.41) is 2.50. The first-order chi connectivity index (χ1) is 17.0. The third-order valence-corrected chi connectivity index (χ3v) is 5.74. The lowest BCUT2D eigenvalue weighted by molar-refractivity contribution is -0.274. The summed E-state index contributed by atoms with van der Waals surface area (Å²) in [6.07, 6.45) is 1.52. The van der Waals surface area contributed by atoms with Gasteiger partial charge in [-0.25, -0.2) is 0 Å². The van der Waals surface area contributed by atoms with Gasteiger partial charge in [0.2, 0.25) is 5.91 Å². The predicted molar refractivity (Wildman–Crippen MR) is 125 cm³/mol. The topological polar surface area (TPSA) is 131 Å². The van der Waals surface area contributed by atoms with Crippen LogP contribution in [0.15, 0.2) is 53.5 Å². The number of aldehydes is 1. The Labute approximate surface area is 206 Å². The Kier molecular flexibility index (Phi) is 8.28. The Hall–Kier alpha value is -3.96. The van der Waals surface area contributed by atoms with Crippen LogP contribution in [0.3, 0.4) is 0 Å². The Morgan fingerprint density at radius 1 is 1.19 bits per heavy atom. The van der Waals surface area contributed by atoms with E-state index >= 15 is 0 Å². The zero-order valence-electron chi connectivity index (χ0n) is 19.7. The van der Waals surface area contributed by atoms with E-state index in [1.165, 1.54) is 24.3 Å². The van der Waals surface area contributed by atoms with Gasteiger partial charge in [-0.3, -0.25) is 14.4 Å². The molecule has 36 heavy (non-hydrogen) atoms. The van der Waals surface area contributed by atoms with Crippen molar-refractivity contribution >= 4 is 23.8 Å². The lowest BCUT2D eigenvalue weighted by Gasteiger charge is -2.33.